The highest BCUT2D eigenvalue weighted by atomic mass is 32.2. The summed E-state index contributed by atoms with van der Waals surface area (Å²) in [4.78, 5) is 4.32. The van der Waals surface area contributed by atoms with Crippen molar-refractivity contribution >= 4 is 11.8 Å². The maximum Gasteiger partial charge on any atom is 0.116 e. The summed E-state index contributed by atoms with van der Waals surface area (Å²) >= 11 is 1.53. The molecule has 0 saturated heterocycles. The van der Waals surface area contributed by atoms with Crippen LogP contribution >= 0.6 is 11.8 Å². The Hall–Kier alpha value is -2.44. The maximum absolute atomic E-state index is 9.83. The van der Waals surface area contributed by atoms with E-state index in [1.54, 1.807) is 6.20 Å². The van der Waals surface area contributed by atoms with E-state index < -0.39 is 5.41 Å². The van der Waals surface area contributed by atoms with Gasteiger partial charge in [0.15, 0.2) is 0 Å². The molecule has 1 aliphatic carbocycles. The number of dihydropyridines is 1. The zero-order valence-corrected chi connectivity index (χ0v) is 14.2. The Morgan fingerprint density at radius 2 is 1.92 bits per heavy atom. The van der Waals surface area contributed by atoms with E-state index in [-0.39, 0.29) is 0 Å². The van der Waals surface area contributed by atoms with Gasteiger partial charge in [-0.25, -0.2) is 0 Å². The average molecular weight is 337 g/mol. The zero-order valence-electron chi connectivity index (χ0n) is 13.4. The van der Waals surface area contributed by atoms with Gasteiger partial charge in [0.1, 0.15) is 5.82 Å². The third-order valence-electron chi connectivity index (χ3n) is 4.72. The molecule has 1 fully saturated rings. The van der Waals surface area contributed by atoms with Crippen molar-refractivity contribution in [2.75, 3.05) is 0 Å². The number of pyridine rings is 1. The van der Waals surface area contributed by atoms with Crippen molar-refractivity contribution in [1.29, 1.82) is 10.5 Å². The fourth-order valence-electron chi connectivity index (χ4n) is 3.57. The molecule has 2 heterocycles. The molecular weight excluding hydrogens is 318 g/mol. The maximum atomic E-state index is 9.83. The van der Waals surface area contributed by atoms with E-state index in [2.05, 4.69) is 22.4 Å². The quantitative estimate of drug-likeness (QED) is 0.878. The van der Waals surface area contributed by atoms with Crippen LogP contribution in [0.4, 0.5) is 0 Å². The van der Waals surface area contributed by atoms with Gasteiger partial charge in [-0.3, -0.25) is 4.98 Å². The second kappa shape index (κ2) is 6.98. The van der Waals surface area contributed by atoms with Gasteiger partial charge < -0.3 is 11.1 Å². The van der Waals surface area contributed by atoms with Gasteiger partial charge in [-0.2, -0.15) is 10.5 Å². The SMILES string of the molecule is N#CC1=C(N)NC(SCc2ccccn2)=C(C#N)C12CCCCC2. The van der Waals surface area contributed by atoms with Crippen LogP contribution in [0.5, 0.6) is 0 Å². The predicted molar refractivity (Wildman–Crippen MR) is 93.7 cm³/mol. The molecular formula is C18H19N5S. The molecule has 0 atom stereocenters. The molecule has 122 valence electrons. The molecule has 3 rings (SSSR count). The smallest absolute Gasteiger partial charge is 0.116 e. The Kier molecular flexibility index (Phi) is 4.78. The number of nitrogens with zero attached hydrogens (tertiary/aromatic N) is 3. The Labute approximate surface area is 146 Å². The summed E-state index contributed by atoms with van der Waals surface area (Å²) in [6, 6.07) is 10.4. The van der Waals surface area contributed by atoms with E-state index >= 15 is 0 Å². The molecule has 0 aromatic carbocycles. The number of allylic oxidation sites excluding steroid dienone is 2. The summed E-state index contributed by atoms with van der Waals surface area (Å²) in [5.74, 6) is 1.04. The van der Waals surface area contributed by atoms with Crippen molar-refractivity contribution in [3.63, 3.8) is 0 Å². The highest BCUT2D eigenvalue weighted by Gasteiger charge is 2.45. The second-order valence-electron chi connectivity index (χ2n) is 6.09. The molecule has 1 aromatic rings. The Morgan fingerprint density at radius 1 is 1.17 bits per heavy atom. The minimum atomic E-state index is -0.510. The van der Waals surface area contributed by atoms with Crippen LogP contribution < -0.4 is 11.1 Å². The van der Waals surface area contributed by atoms with Gasteiger partial charge in [0.25, 0.3) is 0 Å². The number of nitriles is 2. The zero-order chi connectivity index (χ0) is 17.0. The summed E-state index contributed by atoms with van der Waals surface area (Å²) in [6.07, 6.45) is 6.56. The molecule has 6 heteroatoms. The van der Waals surface area contributed by atoms with Gasteiger partial charge in [-0.05, 0) is 25.0 Å². The van der Waals surface area contributed by atoms with Gasteiger partial charge >= 0.3 is 0 Å². The van der Waals surface area contributed by atoms with E-state index in [1.807, 2.05) is 18.2 Å². The van der Waals surface area contributed by atoms with Crippen LogP contribution in [0.3, 0.4) is 0 Å². The third kappa shape index (κ3) is 2.86. The van der Waals surface area contributed by atoms with Crippen LogP contribution in [-0.2, 0) is 5.75 Å². The van der Waals surface area contributed by atoms with E-state index in [1.165, 1.54) is 11.8 Å². The fourth-order valence-corrected chi connectivity index (χ4v) is 4.60. The number of rotatable bonds is 3. The van der Waals surface area contributed by atoms with Gasteiger partial charge in [-0.1, -0.05) is 25.3 Å². The molecule has 5 nitrogen and oxygen atoms in total. The molecule has 1 spiro atoms. The van der Waals surface area contributed by atoms with Crippen LogP contribution in [0.1, 0.15) is 37.8 Å². The molecule has 2 aliphatic rings. The van der Waals surface area contributed by atoms with E-state index in [0.29, 0.717) is 22.7 Å². The van der Waals surface area contributed by atoms with Crippen LogP contribution in [0.2, 0.25) is 0 Å². The number of hydrogen-bond donors (Lipinski definition) is 2. The largest absolute Gasteiger partial charge is 0.384 e. The lowest BCUT2D eigenvalue weighted by molar-refractivity contribution is 0.294. The molecule has 0 radical (unpaired) electrons. The molecule has 1 saturated carbocycles. The molecule has 1 aliphatic heterocycles. The van der Waals surface area contributed by atoms with Crippen molar-refractivity contribution in [3.05, 3.63) is 52.1 Å². The lowest BCUT2D eigenvalue weighted by Gasteiger charge is -2.40. The van der Waals surface area contributed by atoms with Crippen molar-refractivity contribution < 1.29 is 0 Å². The van der Waals surface area contributed by atoms with Crippen molar-refractivity contribution in [2.45, 2.75) is 37.9 Å². The number of thioether (sulfide) groups is 1. The van der Waals surface area contributed by atoms with Crippen molar-refractivity contribution in [2.24, 2.45) is 11.1 Å². The lowest BCUT2D eigenvalue weighted by Crippen LogP contribution is -2.39. The van der Waals surface area contributed by atoms with Crippen LogP contribution in [0, 0.1) is 28.1 Å². The summed E-state index contributed by atoms with van der Waals surface area (Å²) < 4.78 is 0. The minimum absolute atomic E-state index is 0.391. The average Bonchev–Trinajstić information content (AvgIpc) is 2.62. The van der Waals surface area contributed by atoms with Crippen molar-refractivity contribution in [3.8, 4) is 12.1 Å². The Balaban J connectivity index is 1.95. The Morgan fingerprint density at radius 3 is 2.54 bits per heavy atom. The number of nitrogens with one attached hydrogen (secondary N) is 1. The molecule has 3 N–H and O–H groups in total. The molecule has 0 amide bonds. The topological polar surface area (TPSA) is 98.5 Å². The molecule has 24 heavy (non-hydrogen) atoms. The van der Waals surface area contributed by atoms with Gasteiger partial charge in [-0.15, -0.1) is 11.8 Å². The second-order valence-corrected chi connectivity index (χ2v) is 7.08. The fraction of sp³-hybridized carbons (Fsp3) is 0.389. The van der Waals surface area contributed by atoms with E-state index in [9.17, 15) is 10.5 Å². The number of nitrogens with two attached hydrogens (primary N) is 1. The summed E-state index contributed by atoms with van der Waals surface area (Å²) in [7, 11) is 0. The standard InChI is InChI=1S/C18H19N5S/c19-10-14-16(21)23-17(24-12-13-6-2-5-9-22-13)15(11-20)18(14)7-3-1-4-8-18/h2,5-6,9,23H,1,3-4,7-8,12,21H2. The van der Waals surface area contributed by atoms with Crippen LogP contribution in [0.15, 0.2) is 46.4 Å². The first-order valence-electron chi connectivity index (χ1n) is 8.06. The first-order valence-corrected chi connectivity index (χ1v) is 9.05. The van der Waals surface area contributed by atoms with Crippen LogP contribution in [-0.4, -0.2) is 4.98 Å². The van der Waals surface area contributed by atoms with E-state index in [4.69, 9.17) is 5.73 Å². The number of hydrogen-bond acceptors (Lipinski definition) is 6. The molecule has 1 aromatic heterocycles. The highest BCUT2D eigenvalue weighted by molar-refractivity contribution is 8.02. The van der Waals surface area contributed by atoms with Gasteiger partial charge in [0.05, 0.1) is 34.0 Å². The lowest BCUT2D eigenvalue weighted by atomic mass is 9.64. The first-order chi connectivity index (χ1) is 11.7. The summed E-state index contributed by atoms with van der Waals surface area (Å²) in [6.45, 7) is 0. The minimum Gasteiger partial charge on any atom is -0.384 e. The number of aromatic nitrogens is 1. The summed E-state index contributed by atoms with van der Waals surface area (Å²) in [5, 5.41) is 23.3. The first kappa shape index (κ1) is 16.4. The third-order valence-corrected chi connectivity index (χ3v) is 5.76. The van der Waals surface area contributed by atoms with Gasteiger partial charge in [0, 0.05) is 17.4 Å². The molecule has 0 unspecified atom stereocenters. The van der Waals surface area contributed by atoms with E-state index in [0.717, 1.165) is 42.8 Å². The summed E-state index contributed by atoms with van der Waals surface area (Å²) in [5.41, 5.74) is 7.77. The highest BCUT2D eigenvalue weighted by Crippen LogP contribution is 2.52. The van der Waals surface area contributed by atoms with Crippen molar-refractivity contribution in [1.82, 2.24) is 10.3 Å². The van der Waals surface area contributed by atoms with Crippen LogP contribution in [0.25, 0.3) is 0 Å². The predicted octanol–water partition coefficient (Wildman–Crippen LogP) is 3.30. The normalized spacial score (nSPS) is 19.6. The van der Waals surface area contributed by atoms with Gasteiger partial charge in [0.2, 0.25) is 0 Å². The monoisotopic (exact) mass is 337 g/mol. The Bertz CT molecular complexity index is 761. The molecule has 0 bridgehead atoms.